The van der Waals surface area contributed by atoms with Gasteiger partial charge in [0.2, 0.25) is 0 Å². The number of ether oxygens (including phenoxy) is 3. The monoisotopic (exact) mass is 484 g/mol. The Morgan fingerprint density at radius 3 is 2.67 bits per heavy atom. The molecule has 0 radical (unpaired) electrons. The molecule has 1 N–H and O–H groups in total. The van der Waals surface area contributed by atoms with Crippen molar-refractivity contribution in [2.75, 3.05) is 20.8 Å². The van der Waals surface area contributed by atoms with Crippen molar-refractivity contribution in [1.82, 2.24) is 9.47 Å². The summed E-state index contributed by atoms with van der Waals surface area (Å²) in [6, 6.07) is 19.1. The SMILES string of the molecule is COc1ccc2c(c1)c1c(n2CO)CN2CCc3cc(OCc4cccc(C)c4)c(OC)cc3C2C1. The number of aryl methyl sites for hydroxylation is 1. The molecule has 3 aromatic carbocycles. The van der Waals surface area contributed by atoms with Crippen LogP contribution in [-0.4, -0.2) is 35.3 Å². The summed E-state index contributed by atoms with van der Waals surface area (Å²) in [6.45, 7) is 4.36. The van der Waals surface area contributed by atoms with Crippen molar-refractivity contribution in [3.63, 3.8) is 0 Å². The molecule has 6 nitrogen and oxygen atoms in total. The lowest BCUT2D eigenvalue weighted by Gasteiger charge is -2.41. The zero-order valence-corrected chi connectivity index (χ0v) is 21.1. The number of fused-ring (bicyclic) bond motifs is 6. The van der Waals surface area contributed by atoms with Crippen molar-refractivity contribution in [2.45, 2.75) is 45.7 Å². The molecule has 0 amide bonds. The van der Waals surface area contributed by atoms with E-state index in [1.165, 1.54) is 27.9 Å². The van der Waals surface area contributed by atoms with Gasteiger partial charge >= 0.3 is 0 Å². The summed E-state index contributed by atoms with van der Waals surface area (Å²) in [5.74, 6) is 2.40. The number of nitrogens with zero attached hydrogens (tertiary/aromatic N) is 2. The third-order valence-electron chi connectivity index (χ3n) is 7.76. The molecule has 2 aliphatic rings. The van der Waals surface area contributed by atoms with E-state index in [2.05, 4.69) is 60.4 Å². The number of aliphatic hydroxyl groups is 1. The van der Waals surface area contributed by atoms with Crippen LogP contribution in [0.3, 0.4) is 0 Å². The first kappa shape index (κ1) is 23.0. The molecule has 1 aromatic heterocycles. The van der Waals surface area contributed by atoms with Gasteiger partial charge in [-0.1, -0.05) is 29.8 Å². The van der Waals surface area contributed by atoms with Gasteiger partial charge in [-0.25, -0.2) is 0 Å². The molecular formula is C30H32N2O4. The molecule has 186 valence electrons. The zero-order valence-electron chi connectivity index (χ0n) is 21.1. The number of benzene rings is 3. The molecule has 3 heterocycles. The van der Waals surface area contributed by atoms with E-state index in [9.17, 15) is 5.11 Å². The first-order chi connectivity index (χ1) is 17.6. The minimum atomic E-state index is -0.0251. The van der Waals surface area contributed by atoms with E-state index < -0.39 is 0 Å². The Kier molecular flexibility index (Phi) is 5.86. The van der Waals surface area contributed by atoms with Crippen LogP contribution in [0, 0.1) is 6.92 Å². The van der Waals surface area contributed by atoms with Crippen LogP contribution in [0.5, 0.6) is 17.2 Å². The van der Waals surface area contributed by atoms with Gasteiger partial charge in [-0.05, 0) is 72.4 Å². The van der Waals surface area contributed by atoms with E-state index in [1.54, 1.807) is 14.2 Å². The Morgan fingerprint density at radius 1 is 1.00 bits per heavy atom. The Bertz CT molecular complexity index is 1440. The van der Waals surface area contributed by atoms with E-state index in [4.69, 9.17) is 14.2 Å². The molecule has 0 fully saturated rings. The number of hydrogen-bond acceptors (Lipinski definition) is 5. The second-order valence-electron chi connectivity index (χ2n) is 9.80. The molecule has 1 atom stereocenters. The molecule has 0 saturated carbocycles. The van der Waals surface area contributed by atoms with Gasteiger partial charge in [0.15, 0.2) is 11.5 Å². The van der Waals surface area contributed by atoms with Gasteiger partial charge in [-0.15, -0.1) is 0 Å². The predicted octanol–water partition coefficient (Wildman–Crippen LogP) is 5.15. The topological polar surface area (TPSA) is 56.1 Å². The fourth-order valence-corrected chi connectivity index (χ4v) is 5.96. The highest BCUT2D eigenvalue weighted by molar-refractivity contribution is 5.87. The van der Waals surface area contributed by atoms with Crippen molar-refractivity contribution >= 4 is 10.9 Å². The average Bonchev–Trinajstić information content (AvgIpc) is 3.21. The van der Waals surface area contributed by atoms with Crippen LogP contribution in [0.25, 0.3) is 10.9 Å². The maximum atomic E-state index is 10.2. The van der Waals surface area contributed by atoms with Crippen LogP contribution in [0.1, 0.15) is 39.6 Å². The number of aromatic nitrogens is 1. The highest BCUT2D eigenvalue weighted by atomic mass is 16.5. The molecule has 4 aromatic rings. The van der Waals surface area contributed by atoms with Gasteiger partial charge in [-0.3, -0.25) is 4.90 Å². The van der Waals surface area contributed by atoms with Gasteiger partial charge in [0.05, 0.1) is 19.7 Å². The summed E-state index contributed by atoms with van der Waals surface area (Å²) in [4.78, 5) is 2.53. The molecule has 0 bridgehead atoms. The first-order valence-electron chi connectivity index (χ1n) is 12.5. The summed E-state index contributed by atoms with van der Waals surface area (Å²) in [5.41, 5.74) is 8.56. The second kappa shape index (κ2) is 9.19. The molecule has 0 aliphatic carbocycles. The molecule has 6 heteroatoms. The molecule has 0 saturated heterocycles. The lowest BCUT2D eigenvalue weighted by atomic mass is 9.85. The summed E-state index contributed by atoms with van der Waals surface area (Å²) in [7, 11) is 3.41. The number of rotatable bonds is 6. The predicted molar refractivity (Wildman–Crippen MR) is 140 cm³/mol. The second-order valence-corrected chi connectivity index (χ2v) is 9.80. The van der Waals surface area contributed by atoms with Crippen LogP contribution in [0.4, 0.5) is 0 Å². The maximum Gasteiger partial charge on any atom is 0.161 e. The van der Waals surface area contributed by atoms with E-state index >= 15 is 0 Å². The normalized spacial score (nSPS) is 16.8. The summed E-state index contributed by atoms with van der Waals surface area (Å²) in [5, 5.41) is 11.4. The smallest absolute Gasteiger partial charge is 0.161 e. The van der Waals surface area contributed by atoms with E-state index in [1.807, 2.05) is 10.6 Å². The van der Waals surface area contributed by atoms with Crippen molar-refractivity contribution in [3.8, 4) is 17.2 Å². The largest absolute Gasteiger partial charge is 0.497 e. The first-order valence-corrected chi connectivity index (χ1v) is 12.5. The Labute approximate surface area is 211 Å². The third-order valence-corrected chi connectivity index (χ3v) is 7.76. The molecule has 6 rings (SSSR count). The number of aliphatic hydroxyl groups excluding tert-OH is 1. The van der Waals surface area contributed by atoms with E-state index in [0.29, 0.717) is 6.61 Å². The number of methoxy groups -OCH3 is 2. The summed E-state index contributed by atoms with van der Waals surface area (Å²) >= 11 is 0. The van der Waals surface area contributed by atoms with Crippen molar-refractivity contribution in [2.24, 2.45) is 0 Å². The van der Waals surface area contributed by atoms with Crippen LogP contribution in [0.2, 0.25) is 0 Å². The third kappa shape index (κ3) is 3.81. The lowest BCUT2D eigenvalue weighted by Crippen LogP contribution is -2.39. The average molecular weight is 485 g/mol. The Balaban J connectivity index is 1.35. The van der Waals surface area contributed by atoms with Crippen molar-refractivity contribution in [1.29, 1.82) is 0 Å². The summed E-state index contributed by atoms with van der Waals surface area (Å²) < 4.78 is 19.6. The minimum Gasteiger partial charge on any atom is -0.497 e. The van der Waals surface area contributed by atoms with E-state index in [0.717, 1.165) is 59.6 Å². The van der Waals surface area contributed by atoms with Crippen LogP contribution in [-0.2, 0) is 32.7 Å². The lowest BCUT2D eigenvalue weighted by molar-refractivity contribution is 0.145. The van der Waals surface area contributed by atoms with Crippen LogP contribution in [0.15, 0.2) is 54.6 Å². The fraction of sp³-hybridized carbons (Fsp3) is 0.333. The van der Waals surface area contributed by atoms with Gasteiger partial charge < -0.3 is 23.9 Å². The van der Waals surface area contributed by atoms with Crippen molar-refractivity contribution in [3.05, 3.63) is 88.1 Å². The quantitative estimate of drug-likeness (QED) is 0.410. The molecule has 1 unspecified atom stereocenters. The van der Waals surface area contributed by atoms with Crippen LogP contribution < -0.4 is 14.2 Å². The highest BCUT2D eigenvalue weighted by Gasteiger charge is 2.36. The zero-order chi connectivity index (χ0) is 24.8. The Morgan fingerprint density at radius 2 is 1.89 bits per heavy atom. The molecule has 2 aliphatic heterocycles. The van der Waals surface area contributed by atoms with Gasteiger partial charge in [0.25, 0.3) is 0 Å². The van der Waals surface area contributed by atoms with Crippen LogP contribution >= 0.6 is 0 Å². The molecule has 0 spiro atoms. The minimum absolute atomic E-state index is 0.0251. The summed E-state index contributed by atoms with van der Waals surface area (Å²) in [6.07, 6.45) is 1.84. The molecular weight excluding hydrogens is 452 g/mol. The maximum absolute atomic E-state index is 10.2. The van der Waals surface area contributed by atoms with Gasteiger partial charge in [0, 0.05) is 30.2 Å². The standard InChI is InChI=1S/C30H32N2O4/c1-19-5-4-6-20(11-19)17-36-30-12-21-9-10-31-16-28-25(14-27(31)23(21)15-29(30)35-3)24-13-22(34-2)7-8-26(24)32(28)18-33/h4-8,11-13,15,27,33H,9-10,14,16-18H2,1-3H3. The Hall–Kier alpha value is -3.48. The van der Waals surface area contributed by atoms with Gasteiger partial charge in [0.1, 0.15) is 19.1 Å². The van der Waals surface area contributed by atoms with Crippen molar-refractivity contribution < 1.29 is 19.3 Å². The highest BCUT2D eigenvalue weighted by Crippen LogP contribution is 2.45. The van der Waals surface area contributed by atoms with E-state index in [-0.39, 0.29) is 12.8 Å². The molecule has 36 heavy (non-hydrogen) atoms. The fourth-order valence-electron chi connectivity index (χ4n) is 5.96. The number of hydrogen-bond donors (Lipinski definition) is 1. The van der Waals surface area contributed by atoms with Gasteiger partial charge in [-0.2, -0.15) is 0 Å².